The van der Waals surface area contributed by atoms with Crippen LogP contribution in [0.2, 0.25) is 0 Å². The molecule has 1 aliphatic carbocycles. The normalized spacial score (nSPS) is 32.4. The zero-order chi connectivity index (χ0) is 15.1. The zero-order valence-electron chi connectivity index (χ0n) is 14.6. The van der Waals surface area contributed by atoms with E-state index in [4.69, 9.17) is 0 Å². The van der Waals surface area contributed by atoms with E-state index in [1.54, 1.807) is 0 Å². The highest BCUT2D eigenvalue weighted by atomic mass is 15.3. The molecule has 0 aromatic rings. The average molecular weight is 296 g/mol. The van der Waals surface area contributed by atoms with Crippen molar-refractivity contribution in [3.63, 3.8) is 0 Å². The molecular weight excluding hydrogens is 258 g/mol. The van der Waals surface area contributed by atoms with Crippen LogP contribution in [0, 0.1) is 11.8 Å². The lowest BCUT2D eigenvalue weighted by molar-refractivity contribution is 0.0905. The van der Waals surface area contributed by atoms with Crippen LogP contribution in [0.1, 0.15) is 52.9 Å². The molecule has 1 aliphatic heterocycles. The lowest BCUT2D eigenvalue weighted by Gasteiger charge is -2.41. The molecule has 0 radical (unpaired) electrons. The van der Waals surface area contributed by atoms with E-state index in [0.29, 0.717) is 0 Å². The maximum atomic E-state index is 3.84. The summed E-state index contributed by atoms with van der Waals surface area (Å²) in [7, 11) is 0. The van der Waals surface area contributed by atoms with Crippen LogP contribution in [-0.4, -0.2) is 61.7 Å². The van der Waals surface area contributed by atoms with Gasteiger partial charge in [0, 0.05) is 38.8 Å². The lowest BCUT2D eigenvalue weighted by atomic mass is 9.76. The second kappa shape index (κ2) is 9.12. The summed E-state index contributed by atoms with van der Waals surface area (Å²) in [6.45, 7) is 15.8. The summed E-state index contributed by atoms with van der Waals surface area (Å²) in [5.41, 5.74) is 0. The molecule has 0 aromatic heterocycles. The van der Waals surface area contributed by atoms with Gasteiger partial charge in [0.25, 0.3) is 0 Å². The van der Waals surface area contributed by atoms with Crippen LogP contribution in [-0.2, 0) is 0 Å². The topological polar surface area (TPSA) is 18.5 Å². The Morgan fingerprint density at radius 2 is 1.67 bits per heavy atom. The summed E-state index contributed by atoms with van der Waals surface area (Å²) in [4.78, 5) is 5.31. The van der Waals surface area contributed by atoms with E-state index in [2.05, 4.69) is 35.9 Å². The second-order valence-corrected chi connectivity index (χ2v) is 7.14. The minimum atomic E-state index is 0.775. The van der Waals surface area contributed by atoms with Crippen molar-refractivity contribution in [1.29, 1.82) is 0 Å². The highest BCUT2D eigenvalue weighted by Gasteiger charge is 2.31. The molecule has 2 rings (SSSR count). The van der Waals surface area contributed by atoms with Crippen LogP contribution in [0.5, 0.6) is 0 Å². The predicted molar refractivity (Wildman–Crippen MR) is 91.8 cm³/mol. The molecule has 2 fully saturated rings. The maximum absolute atomic E-state index is 3.84. The summed E-state index contributed by atoms with van der Waals surface area (Å²) >= 11 is 0. The number of hydrogen-bond acceptors (Lipinski definition) is 3. The first-order chi connectivity index (χ1) is 10.3. The van der Waals surface area contributed by atoms with E-state index in [1.165, 1.54) is 77.9 Å². The monoisotopic (exact) mass is 295 g/mol. The fraction of sp³-hybridized carbons (Fsp3) is 1.00. The molecule has 1 saturated carbocycles. The van der Waals surface area contributed by atoms with E-state index >= 15 is 0 Å². The first kappa shape index (κ1) is 17.2. The number of likely N-dealkylation sites (N-methyl/N-ethyl adjacent to an activating group) is 1. The van der Waals surface area contributed by atoms with Gasteiger partial charge in [0.2, 0.25) is 0 Å². The molecule has 0 spiro atoms. The third kappa shape index (κ3) is 5.22. The predicted octanol–water partition coefficient (Wildman–Crippen LogP) is 2.82. The molecule has 0 amide bonds. The minimum Gasteiger partial charge on any atom is -0.314 e. The van der Waals surface area contributed by atoms with Crippen molar-refractivity contribution in [2.24, 2.45) is 11.8 Å². The lowest BCUT2D eigenvalue weighted by Crippen LogP contribution is -2.51. The first-order valence-corrected chi connectivity index (χ1v) is 9.44. The summed E-state index contributed by atoms with van der Waals surface area (Å²) in [5, 5.41) is 3.84. The van der Waals surface area contributed by atoms with Gasteiger partial charge >= 0.3 is 0 Å². The molecule has 3 nitrogen and oxygen atoms in total. The molecule has 1 N–H and O–H groups in total. The largest absolute Gasteiger partial charge is 0.314 e. The highest BCUT2D eigenvalue weighted by molar-refractivity contribution is 4.87. The van der Waals surface area contributed by atoms with Crippen LogP contribution < -0.4 is 5.32 Å². The van der Waals surface area contributed by atoms with E-state index in [0.717, 1.165) is 17.9 Å². The second-order valence-electron chi connectivity index (χ2n) is 7.14. The van der Waals surface area contributed by atoms with Gasteiger partial charge in [-0.05, 0) is 50.6 Å². The van der Waals surface area contributed by atoms with Crippen molar-refractivity contribution in [2.75, 3.05) is 45.8 Å². The fourth-order valence-electron chi connectivity index (χ4n) is 4.15. The summed E-state index contributed by atoms with van der Waals surface area (Å²) in [6.07, 6.45) is 6.93. The van der Waals surface area contributed by atoms with Gasteiger partial charge < -0.3 is 15.1 Å². The Bertz CT molecular complexity index is 274. The molecule has 3 unspecified atom stereocenters. The SMILES string of the molecule is CCCNC1CCC(CC)CC1CN1CCN(CC)CC1. The van der Waals surface area contributed by atoms with Crippen LogP contribution in [0.4, 0.5) is 0 Å². The Kier molecular flexibility index (Phi) is 7.48. The quantitative estimate of drug-likeness (QED) is 0.779. The van der Waals surface area contributed by atoms with Gasteiger partial charge in [-0.3, -0.25) is 0 Å². The molecule has 3 atom stereocenters. The number of nitrogens with zero attached hydrogens (tertiary/aromatic N) is 2. The molecular formula is C18H37N3. The van der Waals surface area contributed by atoms with Crippen molar-refractivity contribution in [3.8, 4) is 0 Å². The average Bonchev–Trinajstić information content (AvgIpc) is 2.54. The molecule has 21 heavy (non-hydrogen) atoms. The number of rotatable bonds is 7. The van der Waals surface area contributed by atoms with Crippen molar-refractivity contribution < 1.29 is 0 Å². The summed E-state index contributed by atoms with van der Waals surface area (Å²) in [5.74, 6) is 1.86. The Balaban J connectivity index is 1.83. The maximum Gasteiger partial charge on any atom is 0.0110 e. The molecule has 0 aromatic carbocycles. The Hall–Kier alpha value is -0.120. The number of nitrogens with one attached hydrogen (secondary N) is 1. The van der Waals surface area contributed by atoms with Gasteiger partial charge in [0.15, 0.2) is 0 Å². The van der Waals surface area contributed by atoms with Crippen LogP contribution in [0.15, 0.2) is 0 Å². The third-order valence-corrected chi connectivity index (χ3v) is 5.73. The van der Waals surface area contributed by atoms with Crippen molar-refractivity contribution in [2.45, 2.75) is 58.9 Å². The smallest absolute Gasteiger partial charge is 0.0110 e. The zero-order valence-corrected chi connectivity index (χ0v) is 14.6. The summed E-state index contributed by atoms with van der Waals surface area (Å²) < 4.78 is 0. The molecule has 0 bridgehead atoms. The fourth-order valence-corrected chi connectivity index (χ4v) is 4.15. The van der Waals surface area contributed by atoms with Crippen molar-refractivity contribution in [1.82, 2.24) is 15.1 Å². The van der Waals surface area contributed by atoms with E-state index < -0.39 is 0 Å². The van der Waals surface area contributed by atoms with Crippen LogP contribution in [0.3, 0.4) is 0 Å². The number of hydrogen-bond donors (Lipinski definition) is 1. The first-order valence-electron chi connectivity index (χ1n) is 9.44. The van der Waals surface area contributed by atoms with Crippen molar-refractivity contribution in [3.05, 3.63) is 0 Å². The molecule has 3 heteroatoms. The number of piperazine rings is 1. The molecule has 1 heterocycles. The van der Waals surface area contributed by atoms with E-state index in [1.807, 2.05) is 0 Å². The van der Waals surface area contributed by atoms with Crippen LogP contribution in [0.25, 0.3) is 0 Å². The Labute approximate surface area is 132 Å². The van der Waals surface area contributed by atoms with Gasteiger partial charge in [-0.25, -0.2) is 0 Å². The standard InChI is InChI=1S/C18H37N3/c1-4-9-19-18-8-7-16(5-2)14-17(18)15-21-12-10-20(6-3)11-13-21/h16-19H,4-15H2,1-3H3. The highest BCUT2D eigenvalue weighted by Crippen LogP contribution is 2.32. The van der Waals surface area contributed by atoms with Gasteiger partial charge in [0.1, 0.15) is 0 Å². The van der Waals surface area contributed by atoms with Gasteiger partial charge in [-0.2, -0.15) is 0 Å². The van der Waals surface area contributed by atoms with E-state index in [9.17, 15) is 0 Å². The summed E-state index contributed by atoms with van der Waals surface area (Å²) in [6, 6.07) is 0.775. The molecule has 2 aliphatic rings. The Morgan fingerprint density at radius 3 is 2.29 bits per heavy atom. The van der Waals surface area contributed by atoms with Gasteiger partial charge in [0.05, 0.1) is 0 Å². The Morgan fingerprint density at radius 1 is 0.952 bits per heavy atom. The van der Waals surface area contributed by atoms with Gasteiger partial charge in [-0.15, -0.1) is 0 Å². The minimum absolute atomic E-state index is 0.775. The van der Waals surface area contributed by atoms with Crippen LogP contribution >= 0.6 is 0 Å². The molecule has 124 valence electrons. The van der Waals surface area contributed by atoms with Crippen molar-refractivity contribution >= 4 is 0 Å². The van der Waals surface area contributed by atoms with E-state index in [-0.39, 0.29) is 0 Å². The van der Waals surface area contributed by atoms with Gasteiger partial charge in [-0.1, -0.05) is 27.2 Å². The molecule has 1 saturated heterocycles. The third-order valence-electron chi connectivity index (χ3n) is 5.73.